The number of thiophene rings is 1. The van der Waals surface area contributed by atoms with E-state index in [0.717, 1.165) is 9.35 Å². The minimum absolute atomic E-state index is 0.287. The Balaban J connectivity index is 2.12. The highest BCUT2D eigenvalue weighted by Crippen LogP contribution is 2.34. The maximum absolute atomic E-state index is 10.8. The van der Waals surface area contributed by atoms with Crippen molar-refractivity contribution < 1.29 is 9.90 Å². The summed E-state index contributed by atoms with van der Waals surface area (Å²) in [6.45, 7) is 0.471. The van der Waals surface area contributed by atoms with Gasteiger partial charge in [0.1, 0.15) is 0 Å². The van der Waals surface area contributed by atoms with Crippen LogP contribution in [0.2, 0.25) is 10.0 Å². The third kappa shape index (κ3) is 3.63. The number of nitrogens with one attached hydrogen (secondary N) is 1. The molecule has 1 aromatic carbocycles. The van der Waals surface area contributed by atoms with E-state index in [9.17, 15) is 4.79 Å². The number of hydrogen-bond acceptors (Lipinski definition) is 3. The van der Waals surface area contributed by atoms with Gasteiger partial charge in [-0.25, -0.2) is 4.79 Å². The van der Waals surface area contributed by atoms with Crippen molar-refractivity contribution in [2.75, 3.05) is 5.32 Å². The molecule has 1 heterocycles. The summed E-state index contributed by atoms with van der Waals surface area (Å²) in [4.78, 5) is 11.7. The van der Waals surface area contributed by atoms with Crippen molar-refractivity contribution in [2.24, 2.45) is 0 Å². The highest BCUT2D eigenvalue weighted by molar-refractivity contribution is 9.10. The molecule has 3 nitrogen and oxygen atoms in total. The van der Waals surface area contributed by atoms with Crippen molar-refractivity contribution in [3.8, 4) is 0 Å². The summed E-state index contributed by atoms with van der Waals surface area (Å²) in [5, 5.41) is 14.6. The Hall–Kier alpha value is -0.750. The van der Waals surface area contributed by atoms with Gasteiger partial charge in [-0.05, 0) is 18.2 Å². The Kier molecular flexibility index (Phi) is 4.73. The van der Waals surface area contributed by atoms with Crippen LogP contribution in [-0.2, 0) is 6.54 Å². The van der Waals surface area contributed by atoms with Gasteiger partial charge in [-0.15, -0.1) is 11.3 Å². The SMILES string of the molecule is O=C(O)c1csc(CNc2c(Cl)cc(Br)cc2Cl)c1. The first-order valence-corrected chi connectivity index (χ1v) is 7.59. The zero-order valence-corrected chi connectivity index (χ0v) is 13.3. The van der Waals surface area contributed by atoms with Gasteiger partial charge in [-0.3, -0.25) is 0 Å². The Morgan fingerprint density at radius 2 is 1.95 bits per heavy atom. The number of halogens is 3. The van der Waals surface area contributed by atoms with Gasteiger partial charge in [0.15, 0.2) is 0 Å². The zero-order valence-electron chi connectivity index (χ0n) is 9.41. The van der Waals surface area contributed by atoms with Crippen LogP contribution in [0.25, 0.3) is 0 Å². The predicted molar refractivity (Wildman–Crippen MR) is 82.8 cm³/mol. The molecule has 0 amide bonds. The molecule has 0 atom stereocenters. The average Bonchev–Trinajstić information content (AvgIpc) is 2.76. The van der Waals surface area contributed by atoms with Crippen LogP contribution in [0.5, 0.6) is 0 Å². The largest absolute Gasteiger partial charge is 0.478 e. The second-order valence-corrected chi connectivity index (χ2v) is 6.43. The first-order chi connectivity index (χ1) is 8.97. The fourth-order valence-corrected chi connectivity index (χ4v) is 3.61. The van der Waals surface area contributed by atoms with Gasteiger partial charge in [0.2, 0.25) is 0 Å². The minimum atomic E-state index is -0.929. The molecule has 2 aromatic rings. The predicted octanol–water partition coefficient (Wildman–Crippen LogP) is 5.13. The van der Waals surface area contributed by atoms with Gasteiger partial charge in [-0.1, -0.05) is 39.1 Å². The molecule has 0 saturated heterocycles. The number of anilines is 1. The maximum Gasteiger partial charge on any atom is 0.336 e. The molecule has 2 N–H and O–H groups in total. The van der Waals surface area contributed by atoms with E-state index in [1.165, 1.54) is 11.3 Å². The van der Waals surface area contributed by atoms with E-state index in [1.54, 1.807) is 23.6 Å². The average molecular weight is 381 g/mol. The van der Waals surface area contributed by atoms with Crippen LogP contribution in [0.4, 0.5) is 5.69 Å². The molecule has 0 spiro atoms. The summed E-state index contributed by atoms with van der Waals surface area (Å²) in [7, 11) is 0. The molecule has 0 bridgehead atoms. The monoisotopic (exact) mass is 379 g/mol. The van der Waals surface area contributed by atoms with E-state index >= 15 is 0 Å². The van der Waals surface area contributed by atoms with Crippen LogP contribution >= 0.6 is 50.5 Å². The Bertz CT molecular complexity index is 607. The summed E-state index contributed by atoms with van der Waals surface area (Å²) in [6, 6.07) is 5.11. The minimum Gasteiger partial charge on any atom is -0.478 e. The van der Waals surface area contributed by atoms with E-state index < -0.39 is 5.97 Å². The molecule has 1 aromatic heterocycles. The summed E-state index contributed by atoms with van der Waals surface area (Å²) >= 11 is 16.9. The summed E-state index contributed by atoms with van der Waals surface area (Å²) < 4.78 is 0.803. The van der Waals surface area contributed by atoms with Crippen LogP contribution in [0.3, 0.4) is 0 Å². The quantitative estimate of drug-likeness (QED) is 0.773. The molecular formula is C12H8BrCl2NO2S. The van der Waals surface area contributed by atoms with Crippen LogP contribution < -0.4 is 5.32 Å². The number of benzene rings is 1. The van der Waals surface area contributed by atoms with Crippen molar-refractivity contribution in [1.29, 1.82) is 0 Å². The number of aromatic carboxylic acids is 1. The fraction of sp³-hybridized carbons (Fsp3) is 0.0833. The Morgan fingerprint density at radius 1 is 1.32 bits per heavy atom. The molecular weight excluding hydrogens is 373 g/mol. The van der Waals surface area contributed by atoms with E-state index in [2.05, 4.69) is 21.2 Å². The number of rotatable bonds is 4. The highest BCUT2D eigenvalue weighted by Gasteiger charge is 2.09. The van der Waals surface area contributed by atoms with E-state index in [1.807, 2.05) is 0 Å². The summed E-state index contributed by atoms with van der Waals surface area (Å²) in [6.07, 6.45) is 0. The lowest BCUT2D eigenvalue weighted by atomic mass is 10.3. The second kappa shape index (κ2) is 6.13. The molecule has 2 rings (SSSR count). The third-order valence-corrected chi connectivity index (χ3v) is 4.34. The summed E-state index contributed by atoms with van der Waals surface area (Å²) in [5.41, 5.74) is 0.923. The molecule has 0 aliphatic heterocycles. The molecule has 0 fully saturated rings. The molecule has 0 saturated carbocycles. The van der Waals surface area contributed by atoms with E-state index in [-0.39, 0.29) is 5.56 Å². The molecule has 100 valence electrons. The van der Waals surface area contributed by atoms with Crippen molar-refractivity contribution in [3.63, 3.8) is 0 Å². The van der Waals surface area contributed by atoms with Gasteiger partial charge in [-0.2, -0.15) is 0 Å². The van der Waals surface area contributed by atoms with Crippen molar-refractivity contribution >= 4 is 62.1 Å². The van der Waals surface area contributed by atoms with Gasteiger partial charge in [0.25, 0.3) is 0 Å². The molecule has 19 heavy (non-hydrogen) atoms. The van der Waals surface area contributed by atoms with Gasteiger partial charge < -0.3 is 10.4 Å². The topological polar surface area (TPSA) is 49.3 Å². The normalized spacial score (nSPS) is 10.5. The number of carboxylic acids is 1. The lowest BCUT2D eigenvalue weighted by Gasteiger charge is -2.09. The number of hydrogen-bond donors (Lipinski definition) is 2. The first-order valence-electron chi connectivity index (χ1n) is 5.16. The third-order valence-electron chi connectivity index (χ3n) is 2.35. The van der Waals surface area contributed by atoms with Crippen LogP contribution in [0.1, 0.15) is 15.2 Å². The van der Waals surface area contributed by atoms with Crippen LogP contribution in [-0.4, -0.2) is 11.1 Å². The van der Waals surface area contributed by atoms with Crippen molar-refractivity contribution in [2.45, 2.75) is 6.54 Å². The van der Waals surface area contributed by atoms with Crippen molar-refractivity contribution in [3.05, 3.63) is 48.5 Å². The molecule has 0 aliphatic carbocycles. The second-order valence-electron chi connectivity index (χ2n) is 3.70. The van der Waals surface area contributed by atoms with Gasteiger partial charge >= 0.3 is 5.97 Å². The fourth-order valence-electron chi connectivity index (χ4n) is 1.47. The first kappa shape index (κ1) is 14.7. The molecule has 7 heteroatoms. The highest BCUT2D eigenvalue weighted by atomic mass is 79.9. The van der Waals surface area contributed by atoms with E-state index in [0.29, 0.717) is 22.3 Å². The zero-order chi connectivity index (χ0) is 14.0. The molecule has 0 radical (unpaired) electrons. The lowest BCUT2D eigenvalue weighted by Crippen LogP contribution is -1.99. The number of carboxylic acid groups (broad SMARTS) is 1. The van der Waals surface area contributed by atoms with Gasteiger partial charge in [0, 0.05) is 21.3 Å². The van der Waals surface area contributed by atoms with Crippen LogP contribution in [0.15, 0.2) is 28.1 Å². The van der Waals surface area contributed by atoms with Crippen molar-refractivity contribution in [1.82, 2.24) is 0 Å². The number of carbonyl (C=O) groups is 1. The smallest absolute Gasteiger partial charge is 0.336 e. The Labute approximate surface area is 132 Å². The van der Waals surface area contributed by atoms with Gasteiger partial charge in [0.05, 0.1) is 21.3 Å². The van der Waals surface area contributed by atoms with E-state index in [4.69, 9.17) is 28.3 Å². The summed E-state index contributed by atoms with van der Waals surface area (Å²) in [5.74, 6) is -0.929. The molecule has 0 aliphatic rings. The van der Waals surface area contributed by atoms with Crippen LogP contribution in [0, 0.1) is 0 Å². The lowest BCUT2D eigenvalue weighted by molar-refractivity contribution is 0.0697. The standard InChI is InChI=1S/C12H8BrCl2NO2S/c13-7-2-9(14)11(10(15)3-7)16-4-8-1-6(5-19-8)12(17)18/h1-3,5,16H,4H2,(H,17,18). The molecule has 0 unspecified atom stereocenters. The Morgan fingerprint density at radius 3 is 2.47 bits per heavy atom. The maximum atomic E-state index is 10.8.